The van der Waals surface area contributed by atoms with Crippen molar-refractivity contribution in [2.24, 2.45) is 11.3 Å². The summed E-state index contributed by atoms with van der Waals surface area (Å²) in [5.41, 5.74) is 1.49. The number of nitriles is 1. The molecule has 0 saturated carbocycles. The molecule has 1 spiro atoms. The standard InChI is InChI=1S/C24H38N2O2Si/c1-22(2,3)21-20(28-29(7,8)23(4,5)6)18-15-17(16-25)9-10-19(18)27-24(21)11-13-26-14-12-24/h9-10,15,20-21,26H,11-14H2,1-8H3. The third kappa shape index (κ3) is 4.12. The highest BCUT2D eigenvalue weighted by Gasteiger charge is 2.57. The van der Waals surface area contributed by atoms with Crippen LogP contribution in [-0.4, -0.2) is 27.0 Å². The van der Waals surface area contributed by atoms with Gasteiger partial charge in [0.05, 0.1) is 17.7 Å². The van der Waals surface area contributed by atoms with Crippen molar-refractivity contribution in [1.82, 2.24) is 5.32 Å². The fourth-order valence-corrected chi connectivity index (χ4v) is 6.05. The monoisotopic (exact) mass is 414 g/mol. The van der Waals surface area contributed by atoms with Crippen molar-refractivity contribution >= 4 is 8.32 Å². The minimum atomic E-state index is -2.04. The third-order valence-corrected chi connectivity index (χ3v) is 11.7. The third-order valence-electron chi connectivity index (χ3n) is 7.24. The molecule has 3 rings (SSSR count). The number of nitrogens with one attached hydrogen (secondary N) is 1. The van der Waals surface area contributed by atoms with Crippen LogP contribution in [0.3, 0.4) is 0 Å². The van der Waals surface area contributed by atoms with Gasteiger partial charge in [-0.15, -0.1) is 0 Å². The van der Waals surface area contributed by atoms with Crippen molar-refractivity contribution in [2.75, 3.05) is 13.1 Å². The number of fused-ring (bicyclic) bond motifs is 1. The van der Waals surface area contributed by atoms with Crippen molar-refractivity contribution in [2.45, 2.75) is 84.2 Å². The van der Waals surface area contributed by atoms with Gasteiger partial charge in [-0.25, -0.2) is 0 Å². The van der Waals surface area contributed by atoms with E-state index >= 15 is 0 Å². The molecule has 1 N–H and O–H groups in total. The molecule has 1 aromatic carbocycles. The predicted molar refractivity (Wildman–Crippen MR) is 121 cm³/mol. The Labute approximate surface area is 178 Å². The highest BCUT2D eigenvalue weighted by atomic mass is 28.4. The Morgan fingerprint density at radius 3 is 2.28 bits per heavy atom. The predicted octanol–water partition coefficient (Wildman–Crippen LogP) is 5.80. The molecule has 1 fully saturated rings. The normalized spacial score (nSPS) is 24.5. The van der Waals surface area contributed by atoms with Gasteiger partial charge in [0.15, 0.2) is 8.32 Å². The molecule has 1 saturated heterocycles. The minimum absolute atomic E-state index is 0.00467. The summed E-state index contributed by atoms with van der Waals surface area (Å²) in [6.45, 7) is 20.4. The van der Waals surface area contributed by atoms with Crippen LogP contribution in [0.5, 0.6) is 5.75 Å². The maximum atomic E-state index is 9.52. The Kier molecular flexibility index (Phi) is 5.70. The molecule has 0 radical (unpaired) electrons. The Bertz CT molecular complexity index is 793. The summed E-state index contributed by atoms with van der Waals surface area (Å²) in [6, 6.07) is 8.16. The summed E-state index contributed by atoms with van der Waals surface area (Å²) in [4.78, 5) is 0. The smallest absolute Gasteiger partial charge is 0.192 e. The molecule has 1 aromatic rings. The minimum Gasteiger partial charge on any atom is -0.486 e. The molecular formula is C24H38N2O2Si. The topological polar surface area (TPSA) is 54.3 Å². The van der Waals surface area contributed by atoms with Crippen molar-refractivity contribution in [1.29, 1.82) is 5.26 Å². The fraction of sp³-hybridized carbons (Fsp3) is 0.708. The molecule has 2 atom stereocenters. The zero-order valence-corrected chi connectivity index (χ0v) is 20.5. The molecule has 5 heteroatoms. The Morgan fingerprint density at radius 2 is 1.76 bits per heavy atom. The van der Waals surface area contributed by atoms with E-state index in [1.54, 1.807) is 0 Å². The molecule has 0 aliphatic carbocycles. The Morgan fingerprint density at radius 1 is 1.14 bits per heavy atom. The van der Waals surface area contributed by atoms with Crippen LogP contribution in [0.4, 0.5) is 0 Å². The van der Waals surface area contributed by atoms with Crippen molar-refractivity contribution < 1.29 is 9.16 Å². The first-order valence-electron chi connectivity index (χ1n) is 10.9. The molecule has 2 aliphatic rings. The lowest BCUT2D eigenvalue weighted by molar-refractivity contribution is -0.129. The largest absolute Gasteiger partial charge is 0.486 e. The van der Waals surface area contributed by atoms with E-state index in [4.69, 9.17) is 9.16 Å². The maximum absolute atomic E-state index is 9.52. The number of rotatable bonds is 2. The molecule has 2 heterocycles. The van der Waals surface area contributed by atoms with E-state index in [0.717, 1.165) is 37.2 Å². The van der Waals surface area contributed by atoms with Gasteiger partial charge in [-0.05, 0) is 54.8 Å². The summed E-state index contributed by atoms with van der Waals surface area (Å²) in [5, 5.41) is 13.1. The summed E-state index contributed by atoms with van der Waals surface area (Å²) >= 11 is 0. The molecule has 2 unspecified atom stereocenters. The van der Waals surface area contributed by atoms with E-state index < -0.39 is 8.32 Å². The van der Waals surface area contributed by atoms with Crippen LogP contribution >= 0.6 is 0 Å². The molecule has 29 heavy (non-hydrogen) atoms. The lowest BCUT2D eigenvalue weighted by Crippen LogP contribution is -2.60. The second-order valence-electron chi connectivity index (χ2n) is 11.4. The zero-order valence-electron chi connectivity index (χ0n) is 19.5. The molecule has 0 amide bonds. The second kappa shape index (κ2) is 7.41. The average molecular weight is 415 g/mol. The molecule has 0 aromatic heterocycles. The van der Waals surface area contributed by atoms with Gasteiger partial charge < -0.3 is 14.5 Å². The highest BCUT2D eigenvalue weighted by Crippen LogP contribution is 2.57. The van der Waals surface area contributed by atoms with E-state index in [1.165, 1.54) is 0 Å². The number of piperidine rings is 1. The summed E-state index contributed by atoms with van der Waals surface area (Å²) in [7, 11) is -2.04. The van der Waals surface area contributed by atoms with Crippen LogP contribution in [0.15, 0.2) is 18.2 Å². The van der Waals surface area contributed by atoms with Crippen LogP contribution in [0.1, 0.15) is 71.6 Å². The summed E-state index contributed by atoms with van der Waals surface area (Å²) < 4.78 is 14.0. The molecular weight excluding hydrogens is 376 g/mol. The highest BCUT2D eigenvalue weighted by molar-refractivity contribution is 6.74. The SMILES string of the molecule is CC(C)(C)C1C(O[Si](C)(C)C(C)(C)C)c2cc(C#N)ccc2OC12CCNCC2. The molecule has 4 nitrogen and oxygen atoms in total. The molecule has 0 bridgehead atoms. The van der Waals surface area contributed by atoms with E-state index in [1.807, 2.05) is 18.2 Å². The number of nitrogens with zero attached hydrogens (tertiary/aromatic N) is 1. The van der Waals surface area contributed by atoms with Crippen molar-refractivity contribution in [3.05, 3.63) is 29.3 Å². The van der Waals surface area contributed by atoms with Crippen LogP contribution in [-0.2, 0) is 4.43 Å². The van der Waals surface area contributed by atoms with Crippen LogP contribution in [0.25, 0.3) is 0 Å². The second-order valence-corrected chi connectivity index (χ2v) is 16.2. The number of ether oxygens (including phenoxy) is 1. The van der Waals surface area contributed by atoms with E-state index in [-0.39, 0.29) is 28.1 Å². The molecule has 160 valence electrons. The van der Waals surface area contributed by atoms with Gasteiger partial charge in [0.1, 0.15) is 11.4 Å². The number of hydrogen-bond donors (Lipinski definition) is 1. The lowest BCUT2D eigenvalue weighted by atomic mass is 9.62. The van der Waals surface area contributed by atoms with Gasteiger partial charge >= 0.3 is 0 Å². The first kappa shape index (κ1) is 22.3. The summed E-state index contributed by atoms with van der Waals surface area (Å²) in [5.74, 6) is 1.11. The van der Waals surface area contributed by atoms with Gasteiger partial charge in [-0.2, -0.15) is 5.26 Å². The lowest BCUT2D eigenvalue weighted by Gasteiger charge is -2.56. The van der Waals surface area contributed by atoms with E-state index in [0.29, 0.717) is 5.56 Å². The van der Waals surface area contributed by atoms with Crippen LogP contribution < -0.4 is 10.1 Å². The zero-order chi connectivity index (χ0) is 21.7. The van der Waals surface area contributed by atoms with Gasteiger partial charge in [-0.3, -0.25) is 0 Å². The maximum Gasteiger partial charge on any atom is 0.192 e. The summed E-state index contributed by atoms with van der Waals surface area (Å²) in [6.07, 6.45) is 1.89. The van der Waals surface area contributed by atoms with Crippen molar-refractivity contribution in [3.8, 4) is 11.8 Å². The first-order chi connectivity index (χ1) is 13.3. The van der Waals surface area contributed by atoms with Crippen LogP contribution in [0.2, 0.25) is 18.1 Å². The quantitative estimate of drug-likeness (QED) is 0.622. The van der Waals surface area contributed by atoms with E-state index in [2.05, 4.69) is 66.0 Å². The van der Waals surface area contributed by atoms with Gasteiger partial charge in [0.25, 0.3) is 0 Å². The van der Waals surface area contributed by atoms with E-state index in [9.17, 15) is 5.26 Å². The number of benzene rings is 1. The Balaban J connectivity index is 2.20. The number of hydrogen-bond acceptors (Lipinski definition) is 4. The van der Waals surface area contributed by atoms with Gasteiger partial charge in [0.2, 0.25) is 0 Å². The van der Waals surface area contributed by atoms with Crippen LogP contribution in [0, 0.1) is 22.7 Å². The van der Waals surface area contributed by atoms with Gasteiger partial charge in [0, 0.05) is 24.3 Å². The molecule has 2 aliphatic heterocycles. The average Bonchev–Trinajstić information content (AvgIpc) is 2.59. The van der Waals surface area contributed by atoms with Crippen molar-refractivity contribution in [3.63, 3.8) is 0 Å². The fourth-order valence-electron chi connectivity index (χ4n) is 4.80. The Hall–Kier alpha value is -1.35. The van der Waals surface area contributed by atoms with Gasteiger partial charge in [-0.1, -0.05) is 41.5 Å². The first-order valence-corrected chi connectivity index (χ1v) is 13.8.